The number of carboxylic acids is 1. The Morgan fingerprint density at radius 2 is 2.00 bits per heavy atom. The molecule has 1 aliphatic rings. The topological polar surface area (TPSA) is 92.4 Å². The summed E-state index contributed by atoms with van der Waals surface area (Å²) in [6.07, 6.45) is 3.75. The van der Waals surface area contributed by atoms with Crippen molar-refractivity contribution >= 4 is 11.9 Å². The van der Waals surface area contributed by atoms with Crippen molar-refractivity contribution < 1.29 is 14.7 Å². The molecule has 3 atom stereocenters. The molecule has 1 aromatic carbocycles. The van der Waals surface area contributed by atoms with Gasteiger partial charge in [-0.15, -0.1) is 0 Å². The number of amides is 1. The molecule has 20 heavy (non-hydrogen) atoms. The lowest BCUT2D eigenvalue weighted by Crippen LogP contribution is -2.39. The van der Waals surface area contributed by atoms with E-state index in [9.17, 15) is 9.59 Å². The van der Waals surface area contributed by atoms with Crippen molar-refractivity contribution in [3.8, 4) is 0 Å². The highest BCUT2D eigenvalue weighted by atomic mass is 16.4. The van der Waals surface area contributed by atoms with E-state index < -0.39 is 17.8 Å². The summed E-state index contributed by atoms with van der Waals surface area (Å²) in [4.78, 5) is 23.1. The Bertz CT molecular complexity index is 513. The predicted octanol–water partition coefficient (Wildman–Crippen LogP) is 0.874. The molecular weight excluding hydrogens is 256 g/mol. The number of hydrogen-bond acceptors (Lipinski definition) is 3. The predicted molar refractivity (Wildman–Crippen MR) is 75.1 cm³/mol. The van der Waals surface area contributed by atoms with Gasteiger partial charge in [-0.25, -0.2) is 0 Å². The number of carboxylic acid groups (broad SMARTS) is 1. The fraction of sp³-hybridized carbons (Fsp3) is 0.333. The maximum Gasteiger partial charge on any atom is 0.310 e. The minimum Gasteiger partial charge on any atom is -0.481 e. The molecule has 1 aliphatic carbocycles. The largest absolute Gasteiger partial charge is 0.481 e. The van der Waals surface area contributed by atoms with Crippen LogP contribution in [0.3, 0.4) is 0 Å². The molecule has 0 radical (unpaired) electrons. The summed E-state index contributed by atoms with van der Waals surface area (Å²) in [6, 6.07) is 9.10. The van der Waals surface area contributed by atoms with Gasteiger partial charge in [0.25, 0.3) is 0 Å². The number of benzene rings is 1. The Morgan fingerprint density at radius 1 is 1.30 bits per heavy atom. The number of carbonyl (C=O) groups is 2. The van der Waals surface area contributed by atoms with Crippen molar-refractivity contribution in [1.82, 2.24) is 5.32 Å². The molecule has 0 heterocycles. The van der Waals surface area contributed by atoms with Crippen molar-refractivity contribution in [3.63, 3.8) is 0 Å². The second kappa shape index (κ2) is 6.34. The molecule has 5 nitrogen and oxygen atoms in total. The quantitative estimate of drug-likeness (QED) is 0.695. The van der Waals surface area contributed by atoms with E-state index in [0.29, 0.717) is 6.42 Å². The van der Waals surface area contributed by atoms with Crippen LogP contribution < -0.4 is 11.1 Å². The van der Waals surface area contributed by atoms with E-state index in [0.717, 1.165) is 5.56 Å². The van der Waals surface area contributed by atoms with Crippen LogP contribution in [-0.2, 0) is 9.59 Å². The average Bonchev–Trinajstić information content (AvgIpc) is 2.89. The first-order valence-corrected chi connectivity index (χ1v) is 6.58. The van der Waals surface area contributed by atoms with Crippen molar-refractivity contribution in [1.29, 1.82) is 0 Å². The summed E-state index contributed by atoms with van der Waals surface area (Å²) in [5, 5.41) is 11.8. The highest BCUT2D eigenvalue weighted by Gasteiger charge is 2.27. The van der Waals surface area contributed by atoms with Crippen LogP contribution in [0.4, 0.5) is 0 Å². The monoisotopic (exact) mass is 274 g/mol. The molecule has 0 fully saturated rings. The SMILES string of the molecule is NCC(C(=O)NC1C=CC(C(=O)O)C1)c1ccccc1. The van der Waals surface area contributed by atoms with E-state index in [1.54, 1.807) is 12.2 Å². The van der Waals surface area contributed by atoms with Gasteiger partial charge in [-0.05, 0) is 12.0 Å². The molecule has 5 heteroatoms. The molecule has 0 bridgehead atoms. The van der Waals surface area contributed by atoms with E-state index in [1.807, 2.05) is 30.3 Å². The molecule has 0 spiro atoms. The lowest BCUT2D eigenvalue weighted by molar-refractivity contribution is -0.140. The smallest absolute Gasteiger partial charge is 0.310 e. The first-order valence-electron chi connectivity index (χ1n) is 6.58. The lowest BCUT2D eigenvalue weighted by atomic mass is 9.98. The first-order chi connectivity index (χ1) is 9.61. The fourth-order valence-electron chi connectivity index (χ4n) is 2.35. The summed E-state index contributed by atoms with van der Waals surface area (Å²) >= 11 is 0. The number of hydrogen-bond donors (Lipinski definition) is 3. The molecule has 106 valence electrons. The normalized spacial score (nSPS) is 22.4. The van der Waals surface area contributed by atoms with Gasteiger partial charge in [0.05, 0.1) is 11.8 Å². The Kier molecular flexibility index (Phi) is 4.53. The van der Waals surface area contributed by atoms with Crippen LogP contribution in [0.2, 0.25) is 0 Å². The van der Waals surface area contributed by atoms with E-state index in [-0.39, 0.29) is 18.5 Å². The van der Waals surface area contributed by atoms with Crippen LogP contribution in [0.1, 0.15) is 17.9 Å². The highest BCUT2D eigenvalue weighted by Crippen LogP contribution is 2.20. The van der Waals surface area contributed by atoms with Crippen LogP contribution >= 0.6 is 0 Å². The molecule has 4 N–H and O–H groups in total. The second-order valence-electron chi connectivity index (χ2n) is 4.88. The third kappa shape index (κ3) is 3.24. The van der Waals surface area contributed by atoms with E-state index >= 15 is 0 Å². The maximum atomic E-state index is 12.2. The molecule has 0 saturated carbocycles. The zero-order chi connectivity index (χ0) is 14.5. The fourth-order valence-corrected chi connectivity index (χ4v) is 2.35. The van der Waals surface area contributed by atoms with Crippen LogP contribution in [0.15, 0.2) is 42.5 Å². The Hall–Kier alpha value is -2.14. The summed E-state index contributed by atoms with van der Waals surface area (Å²) in [6.45, 7) is 0.217. The average molecular weight is 274 g/mol. The Morgan fingerprint density at radius 3 is 2.55 bits per heavy atom. The molecule has 0 aliphatic heterocycles. The van der Waals surface area contributed by atoms with Crippen LogP contribution in [0.5, 0.6) is 0 Å². The number of nitrogens with two attached hydrogens (primary N) is 1. The molecule has 2 rings (SSSR count). The van der Waals surface area contributed by atoms with E-state index in [1.165, 1.54) is 0 Å². The standard InChI is InChI=1S/C15H18N2O3/c16-9-13(10-4-2-1-3-5-10)14(18)17-12-7-6-11(8-12)15(19)20/h1-7,11-13H,8-9,16H2,(H,17,18)(H,19,20). The van der Waals surface area contributed by atoms with E-state index in [2.05, 4.69) is 5.32 Å². The molecule has 3 unspecified atom stereocenters. The zero-order valence-electron chi connectivity index (χ0n) is 11.0. The molecule has 0 saturated heterocycles. The molecule has 0 aromatic heterocycles. The number of aliphatic carboxylic acids is 1. The third-order valence-corrected chi connectivity index (χ3v) is 3.48. The van der Waals surface area contributed by atoms with Crippen LogP contribution in [-0.4, -0.2) is 29.6 Å². The van der Waals surface area contributed by atoms with Gasteiger partial charge in [0, 0.05) is 12.6 Å². The summed E-state index contributed by atoms with van der Waals surface area (Å²) in [7, 11) is 0. The number of rotatable bonds is 5. The summed E-state index contributed by atoms with van der Waals surface area (Å²) in [5.74, 6) is -1.96. The zero-order valence-corrected chi connectivity index (χ0v) is 11.0. The maximum absolute atomic E-state index is 12.2. The van der Waals surface area contributed by atoms with Crippen LogP contribution in [0, 0.1) is 5.92 Å². The van der Waals surface area contributed by atoms with Crippen molar-refractivity contribution in [2.45, 2.75) is 18.4 Å². The van der Waals surface area contributed by atoms with Gasteiger partial charge in [0.1, 0.15) is 0 Å². The van der Waals surface area contributed by atoms with Gasteiger partial charge in [0.2, 0.25) is 5.91 Å². The first kappa shape index (κ1) is 14.3. The van der Waals surface area contributed by atoms with Crippen molar-refractivity contribution in [2.24, 2.45) is 11.7 Å². The summed E-state index contributed by atoms with van der Waals surface area (Å²) < 4.78 is 0. The van der Waals surface area contributed by atoms with Gasteiger partial charge in [0.15, 0.2) is 0 Å². The highest BCUT2D eigenvalue weighted by molar-refractivity contribution is 5.84. The minimum atomic E-state index is -0.864. The van der Waals surface area contributed by atoms with Gasteiger partial charge in [-0.2, -0.15) is 0 Å². The Labute approximate surface area is 117 Å². The van der Waals surface area contributed by atoms with E-state index in [4.69, 9.17) is 10.8 Å². The molecular formula is C15H18N2O3. The van der Waals surface area contributed by atoms with Crippen molar-refractivity contribution in [2.75, 3.05) is 6.54 Å². The van der Waals surface area contributed by atoms with Gasteiger partial charge in [-0.1, -0.05) is 42.5 Å². The second-order valence-corrected chi connectivity index (χ2v) is 4.88. The summed E-state index contributed by atoms with van der Waals surface area (Å²) in [5.41, 5.74) is 6.55. The third-order valence-electron chi connectivity index (χ3n) is 3.48. The van der Waals surface area contributed by atoms with Gasteiger partial charge in [-0.3, -0.25) is 9.59 Å². The van der Waals surface area contributed by atoms with Crippen LogP contribution in [0.25, 0.3) is 0 Å². The van der Waals surface area contributed by atoms with Gasteiger partial charge < -0.3 is 16.2 Å². The number of carbonyl (C=O) groups excluding carboxylic acids is 1. The van der Waals surface area contributed by atoms with Gasteiger partial charge >= 0.3 is 5.97 Å². The lowest BCUT2D eigenvalue weighted by Gasteiger charge is -2.18. The molecule has 1 amide bonds. The number of nitrogens with one attached hydrogen (secondary N) is 1. The molecule has 1 aromatic rings. The Balaban J connectivity index is 1.98. The van der Waals surface area contributed by atoms with Crippen molar-refractivity contribution in [3.05, 3.63) is 48.0 Å². The minimum absolute atomic E-state index is 0.167.